The van der Waals surface area contributed by atoms with Crippen LogP contribution < -0.4 is 0 Å². The second kappa shape index (κ2) is 10.6. The first kappa shape index (κ1) is 26.7. The molecular weight excluding hydrogens is 337 g/mol. The van der Waals surface area contributed by atoms with Crippen molar-refractivity contribution >= 4 is 19.9 Å². The summed E-state index contributed by atoms with van der Waals surface area (Å²) in [6.07, 6.45) is 0.974. The van der Waals surface area contributed by atoms with E-state index in [-0.39, 0.29) is 6.54 Å². The van der Waals surface area contributed by atoms with Crippen LogP contribution in [0.4, 0.5) is 4.79 Å². The molecule has 26 heavy (non-hydrogen) atoms. The Morgan fingerprint density at radius 2 is 1.50 bits per heavy atom. The van der Waals surface area contributed by atoms with E-state index in [0.29, 0.717) is 0 Å². The Labute approximate surface area is 158 Å². The summed E-state index contributed by atoms with van der Waals surface area (Å²) in [6.45, 7) is 13.3. The Balaban J connectivity index is 0. The molecule has 0 aliphatic rings. The Morgan fingerprint density at radius 3 is 1.77 bits per heavy atom. The number of rotatable bonds is 5. The molecule has 0 aromatic carbocycles. The zero-order valence-corrected chi connectivity index (χ0v) is 17.5. The summed E-state index contributed by atoms with van der Waals surface area (Å²) < 4.78 is 9.83. The van der Waals surface area contributed by atoms with E-state index >= 15 is 0 Å². The second-order valence-electron chi connectivity index (χ2n) is 7.88. The zero-order valence-electron chi connectivity index (χ0n) is 17.5. The number of methoxy groups -OCH3 is 1. The highest BCUT2D eigenvalue weighted by atomic mass is 16.6. The van der Waals surface area contributed by atoms with Gasteiger partial charge in [0.1, 0.15) is 19.5 Å². The van der Waals surface area contributed by atoms with E-state index in [0.717, 1.165) is 0 Å². The van der Waals surface area contributed by atoms with Gasteiger partial charge in [-0.15, -0.1) is 5.98 Å². The standard InChI is InChI=1S/C12H20BNO4.C6H14O2/c1-9(10(15)17-5)14(8-6-7-13)11(16)18-12(2,3)4;1-5(2,7)6(3,4)8/h6-7,9H,8H2,1-5H3;7-8H,1-4H3/b7-6+;. The SMILES string of the molecule is CC(C)(O)C(C)(C)O.[B]/C=C/CN(C(=O)OC(C)(C)C)C(C)C(=O)OC. The number of esters is 1. The molecule has 0 saturated heterocycles. The van der Waals surface area contributed by atoms with Gasteiger partial charge in [-0.05, 0) is 55.4 Å². The molecule has 8 heteroatoms. The van der Waals surface area contributed by atoms with Crippen molar-refractivity contribution in [3.63, 3.8) is 0 Å². The third kappa shape index (κ3) is 11.2. The van der Waals surface area contributed by atoms with Crippen molar-refractivity contribution in [2.45, 2.75) is 78.2 Å². The molecule has 150 valence electrons. The Hall–Kier alpha value is -1.54. The van der Waals surface area contributed by atoms with Crippen LogP contribution in [-0.4, -0.2) is 71.5 Å². The van der Waals surface area contributed by atoms with Gasteiger partial charge in [-0.2, -0.15) is 0 Å². The number of hydrogen-bond donors (Lipinski definition) is 2. The molecular formula is C18H34BNO6. The fourth-order valence-corrected chi connectivity index (χ4v) is 1.18. The number of ether oxygens (including phenoxy) is 2. The van der Waals surface area contributed by atoms with Crippen LogP contribution >= 0.6 is 0 Å². The highest BCUT2D eigenvalue weighted by molar-refractivity contribution is 6.17. The van der Waals surface area contributed by atoms with Gasteiger partial charge in [0, 0.05) is 6.54 Å². The molecule has 0 aliphatic carbocycles. The molecule has 0 aliphatic heterocycles. The van der Waals surface area contributed by atoms with E-state index < -0.39 is 34.9 Å². The molecule has 2 radical (unpaired) electrons. The van der Waals surface area contributed by atoms with Gasteiger partial charge in [0.15, 0.2) is 0 Å². The quantitative estimate of drug-likeness (QED) is 0.567. The maximum Gasteiger partial charge on any atom is 0.411 e. The predicted octanol–water partition coefficient (Wildman–Crippen LogP) is 2.00. The molecule has 0 aromatic rings. The molecule has 2 N–H and O–H groups in total. The smallest absolute Gasteiger partial charge is 0.411 e. The van der Waals surface area contributed by atoms with Crippen LogP contribution in [0, 0.1) is 0 Å². The monoisotopic (exact) mass is 371 g/mol. The number of carbonyl (C=O) groups is 2. The number of carbonyl (C=O) groups excluding carboxylic acids is 2. The first-order valence-corrected chi connectivity index (χ1v) is 8.37. The molecule has 0 fully saturated rings. The van der Waals surface area contributed by atoms with E-state index in [1.807, 2.05) is 0 Å². The zero-order chi connectivity index (χ0) is 21.3. The van der Waals surface area contributed by atoms with E-state index in [2.05, 4.69) is 4.74 Å². The van der Waals surface area contributed by atoms with Gasteiger partial charge in [0.2, 0.25) is 0 Å². The average molecular weight is 371 g/mol. The predicted molar refractivity (Wildman–Crippen MR) is 102 cm³/mol. The Kier molecular flexibility index (Phi) is 10.9. The lowest BCUT2D eigenvalue weighted by atomic mass is 9.90. The molecule has 1 amide bonds. The minimum Gasteiger partial charge on any atom is -0.467 e. The highest BCUT2D eigenvalue weighted by Gasteiger charge is 2.32. The van der Waals surface area contributed by atoms with E-state index in [4.69, 9.17) is 22.8 Å². The minimum absolute atomic E-state index is 0.182. The summed E-state index contributed by atoms with van der Waals surface area (Å²) in [5, 5.41) is 18.2. The molecule has 0 heterocycles. The van der Waals surface area contributed by atoms with Crippen molar-refractivity contribution in [1.82, 2.24) is 4.90 Å². The molecule has 0 bridgehead atoms. The van der Waals surface area contributed by atoms with Gasteiger partial charge < -0.3 is 19.7 Å². The van der Waals surface area contributed by atoms with Gasteiger partial charge in [-0.1, -0.05) is 6.08 Å². The summed E-state index contributed by atoms with van der Waals surface area (Å²) in [6, 6.07) is -0.735. The van der Waals surface area contributed by atoms with Crippen LogP contribution in [-0.2, 0) is 14.3 Å². The van der Waals surface area contributed by atoms with Gasteiger partial charge >= 0.3 is 12.1 Å². The van der Waals surface area contributed by atoms with Crippen LogP contribution in [0.15, 0.2) is 12.1 Å². The van der Waals surface area contributed by atoms with Crippen LogP contribution in [0.1, 0.15) is 55.4 Å². The molecule has 1 atom stereocenters. The van der Waals surface area contributed by atoms with Gasteiger partial charge in [0.05, 0.1) is 18.3 Å². The van der Waals surface area contributed by atoms with E-state index in [9.17, 15) is 9.59 Å². The van der Waals surface area contributed by atoms with Gasteiger partial charge in [-0.25, -0.2) is 9.59 Å². The molecule has 0 aromatic heterocycles. The maximum atomic E-state index is 11.9. The average Bonchev–Trinajstić information content (AvgIpc) is 2.43. The number of hydrogen-bond acceptors (Lipinski definition) is 6. The number of nitrogens with zero attached hydrogens (tertiary/aromatic N) is 1. The maximum absolute atomic E-state index is 11.9. The minimum atomic E-state index is -1.01. The fraction of sp³-hybridized carbons (Fsp3) is 0.778. The topological polar surface area (TPSA) is 96.3 Å². The summed E-state index contributed by atoms with van der Waals surface area (Å²) in [5.74, 6) is 0.799. The Morgan fingerprint density at radius 1 is 1.08 bits per heavy atom. The number of aliphatic hydroxyl groups is 2. The van der Waals surface area contributed by atoms with Crippen LogP contribution in [0.3, 0.4) is 0 Å². The first-order valence-electron chi connectivity index (χ1n) is 8.37. The normalized spacial score (nSPS) is 13.5. The first-order chi connectivity index (χ1) is 11.5. The summed E-state index contributed by atoms with van der Waals surface area (Å²) in [4.78, 5) is 24.7. The van der Waals surface area contributed by atoms with Gasteiger partial charge in [-0.3, -0.25) is 4.90 Å². The van der Waals surface area contributed by atoms with E-state index in [1.54, 1.807) is 61.5 Å². The largest absolute Gasteiger partial charge is 0.467 e. The summed E-state index contributed by atoms with van der Waals surface area (Å²) >= 11 is 0. The van der Waals surface area contributed by atoms with Gasteiger partial charge in [0.25, 0.3) is 0 Å². The van der Waals surface area contributed by atoms with Crippen molar-refractivity contribution in [3.8, 4) is 0 Å². The van der Waals surface area contributed by atoms with Crippen molar-refractivity contribution in [1.29, 1.82) is 0 Å². The molecule has 7 nitrogen and oxygen atoms in total. The Bertz CT molecular complexity index is 460. The summed E-state index contributed by atoms with van der Waals surface area (Å²) in [5.41, 5.74) is -2.64. The second-order valence-corrected chi connectivity index (χ2v) is 7.88. The third-order valence-corrected chi connectivity index (χ3v) is 3.57. The van der Waals surface area contributed by atoms with Crippen molar-refractivity contribution < 1.29 is 29.3 Å². The third-order valence-electron chi connectivity index (χ3n) is 3.57. The fourth-order valence-electron chi connectivity index (χ4n) is 1.18. The number of amides is 1. The molecule has 1 unspecified atom stereocenters. The molecule has 0 rings (SSSR count). The lowest BCUT2D eigenvalue weighted by Crippen LogP contribution is -2.46. The van der Waals surface area contributed by atoms with E-state index in [1.165, 1.54) is 18.0 Å². The highest BCUT2D eigenvalue weighted by Crippen LogP contribution is 2.19. The van der Waals surface area contributed by atoms with Crippen molar-refractivity contribution in [2.75, 3.05) is 13.7 Å². The van der Waals surface area contributed by atoms with Crippen LogP contribution in [0.25, 0.3) is 0 Å². The summed E-state index contributed by atoms with van der Waals surface area (Å²) in [7, 11) is 6.51. The van der Waals surface area contributed by atoms with Crippen molar-refractivity contribution in [3.05, 3.63) is 12.1 Å². The van der Waals surface area contributed by atoms with Crippen molar-refractivity contribution in [2.24, 2.45) is 0 Å². The van der Waals surface area contributed by atoms with Crippen LogP contribution in [0.2, 0.25) is 0 Å². The van der Waals surface area contributed by atoms with Crippen LogP contribution in [0.5, 0.6) is 0 Å². The lowest BCUT2D eigenvalue weighted by Gasteiger charge is -2.31. The molecule has 0 saturated carbocycles. The molecule has 0 spiro atoms. The lowest BCUT2D eigenvalue weighted by molar-refractivity contribution is -0.145.